The molecule has 0 aliphatic rings. The van der Waals surface area contributed by atoms with E-state index in [4.69, 9.17) is 4.42 Å². The summed E-state index contributed by atoms with van der Waals surface area (Å²) in [5, 5.41) is 25.5. The van der Waals surface area contributed by atoms with Crippen molar-refractivity contribution >= 4 is 24.3 Å². The lowest BCUT2D eigenvalue weighted by Gasteiger charge is -2.05. The van der Waals surface area contributed by atoms with E-state index < -0.39 is 16.5 Å². The molecule has 2 aromatic heterocycles. The maximum Gasteiger partial charge on any atom is 0.279 e. The molecule has 32 heavy (non-hydrogen) atoms. The smallest absolute Gasteiger partial charge is 0.279 e. The van der Waals surface area contributed by atoms with Crippen molar-refractivity contribution in [2.75, 3.05) is 0 Å². The van der Waals surface area contributed by atoms with Crippen molar-refractivity contribution in [1.29, 1.82) is 0 Å². The van der Waals surface area contributed by atoms with Crippen molar-refractivity contribution in [3.8, 4) is 17.0 Å². The van der Waals surface area contributed by atoms with Gasteiger partial charge in [-0.1, -0.05) is 24.8 Å². The molecule has 9 nitrogen and oxygen atoms in total. The first-order valence-corrected chi connectivity index (χ1v) is 9.43. The number of non-ortho nitro benzene ring substituents is 1. The van der Waals surface area contributed by atoms with E-state index in [9.17, 15) is 24.8 Å². The predicted molar refractivity (Wildman–Crippen MR) is 115 cm³/mol. The van der Waals surface area contributed by atoms with Crippen LogP contribution in [0.2, 0.25) is 0 Å². The van der Waals surface area contributed by atoms with Gasteiger partial charge in [0.1, 0.15) is 11.5 Å². The molecule has 0 spiro atoms. The Bertz CT molecular complexity index is 1540. The van der Waals surface area contributed by atoms with Crippen molar-refractivity contribution in [3.63, 3.8) is 0 Å². The van der Waals surface area contributed by atoms with Crippen LogP contribution in [0.25, 0.3) is 29.7 Å². The van der Waals surface area contributed by atoms with Gasteiger partial charge in [-0.2, -0.15) is 0 Å². The van der Waals surface area contributed by atoms with Crippen LogP contribution in [0, 0.1) is 17.0 Å². The van der Waals surface area contributed by atoms with E-state index >= 15 is 0 Å². The van der Waals surface area contributed by atoms with Crippen molar-refractivity contribution < 1.29 is 19.2 Å². The summed E-state index contributed by atoms with van der Waals surface area (Å²) >= 11 is 0. The van der Waals surface area contributed by atoms with Gasteiger partial charge in [0, 0.05) is 17.7 Å². The van der Waals surface area contributed by atoms with Gasteiger partial charge in [-0.25, -0.2) is 4.68 Å². The van der Waals surface area contributed by atoms with Crippen molar-refractivity contribution in [2.45, 2.75) is 6.92 Å². The first kappa shape index (κ1) is 20.6. The quantitative estimate of drug-likeness (QED) is 0.374. The molecule has 9 heteroatoms. The maximum atomic E-state index is 12.9. The number of aryl methyl sites for hydroxylation is 1. The minimum absolute atomic E-state index is 0.0557. The Morgan fingerprint density at radius 1 is 1.19 bits per heavy atom. The normalized spacial score (nSPS) is 11.6. The average Bonchev–Trinajstić information content (AvgIpc) is 3.34. The predicted octanol–water partition coefficient (Wildman–Crippen LogP) is 1.24. The van der Waals surface area contributed by atoms with Gasteiger partial charge in [0.25, 0.3) is 11.2 Å². The summed E-state index contributed by atoms with van der Waals surface area (Å²) in [7, 11) is 0. The number of furan rings is 1. The number of nitro groups is 1. The second-order valence-electron chi connectivity index (χ2n) is 7.09. The molecular weight excluding hydrogens is 414 g/mol. The third-order valence-electron chi connectivity index (χ3n) is 4.96. The number of rotatable bonds is 5. The highest BCUT2D eigenvalue weighted by atomic mass is 16.6. The molecule has 0 radical (unpaired) electrons. The van der Waals surface area contributed by atoms with Gasteiger partial charge in [0.2, 0.25) is 0 Å². The number of hydrogen-bond donors (Lipinski definition) is 1. The lowest BCUT2D eigenvalue weighted by molar-refractivity contribution is -0.384. The van der Waals surface area contributed by atoms with Gasteiger partial charge < -0.3 is 14.3 Å². The number of nitro benzene ring substituents is 1. The molecule has 0 amide bonds. The number of nitrogens with one attached hydrogen (secondary N) is 1. The minimum atomic E-state index is -1.35. The molecule has 2 heterocycles. The zero-order valence-electron chi connectivity index (χ0n) is 16.8. The van der Waals surface area contributed by atoms with E-state index in [0.717, 1.165) is 5.56 Å². The zero-order valence-corrected chi connectivity index (χ0v) is 16.8. The molecule has 4 aromatic rings. The third kappa shape index (κ3) is 3.74. The number of aromatic carboxylic acids is 1. The highest BCUT2D eigenvalue weighted by Gasteiger charge is 2.13. The molecule has 0 bridgehead atoms. The summed E-state index contributed by atoms with van der Waals surface area (Å²) in [6, 6.07) is 13.5. The number of carboxylic acid groups (broad SMARTS) is 1. The van der Waals surface area contributed by atoms with Gasteiger partial charge in [0.15, 0.2) is 0 Å². The number of carboxylic acids is 1. The van der Waals surface area contributed by atoms with E-state index in [1.807, 2.05) is 6.92 Å². The van der Waals surface area contributed by atoms with Crippen LogP contribution in [0.3, 0.4) is 0 Å². The fraction of sp³-hybridized carbons (Fsp3) is 0.0435. The molecule has 0 atom stereocenters. The second-order valence-corrected chi connectivity index (χ2v) is 7.09. The first-order chi connectivity index (χ1) is 15.2. The third-order valence-corrected chi connectivity index (χ3v) is 4.96. The molecule has 2 aromatic carbocycles. The van der Waals surface area contributed by atoms with E-state index in [2.05, 4.69) is 11.7 Å². The van der Waals surface area contributed by atoms with Gasteiger partial charge in [-0.05, 0) is 48.4 Å². The summed E-state index contributed by atoms with van der Waals surface area (Å²) in [4.78, 5) is 34.6. The summed E-state index contributed by atoms with van der Waals surface area (Å²) < 4.78 is 6.99. The average molecular weight is 430 g/mol. The van der Waals surface area contributed by atoms with Crippen LogP contribution in [-0.4, -0.2) is 20.7 Å². The van der Waals surface area contributed by atoms with Crippen LogP contribution < -0.4 is 21.2 Å². The molecule has 0 fully saturated rings. The minimum Gasteiger partial charge on any atom is -0.545 e. The fourth-order valence-corrected chi connectivity index (χ4v) is 3.30. The van der Waals surface area contributed by atoms with Crippen LogP contribution >= 0.6 is 0 Å². The number of aromatic nitrogens is 2. The van der Waals surface area contributed by atoms with Crippen molar-refractivity contribution in [2.24, 2.45) is 0 Å². The standard InChI is InChI=1S/C23H17N3O6/c1-13-6-7-17(26(30)31)11-19(13)21-9-8-18(32-21)12-20-14(2)24-25(22(20)27)16-5-3-4-15(10-16)23(28)29/h3-12,24H,2H2,1H3,(H,28,29)/p-1/b20-12-. The Morgan fingerprint density at radius 3 is 2.69 bits per heavy atom. The molecule has 1 N–H and O–H groups in total. The summed E-state index contributed by atoms with van der Waals surface area (Å²) in [6.45, 7) is 5.65. The van der Waals surface area contributed by atoms with Crippen LogP contribution in [0.1, 0.15) is 21.7 Å². The topological polar surface area (TPSA) is 134 Å². The molecule has 0 aliphatic heterocycles. The number of aromatic amines is 1. The van der Waals surface area contributed by atoms with Gasteiger partial charge in [0.05, 0.1) is 27.1 Å². The Labute approximate surface area is 180 Å². The Morgan fingerprint density at radius 2 is 1.97 bits per heavy atom. The molecule has 0 aliphatic carbocycles. The van der Waals surface area contributed by atoms with E-state index in [0.29, 0.717) is 28.1 Å². The second kappa shape index (κ2) is 7.88. The molecule has 0 unspecified atom stereocenters. The van der Waals surface area contributed by atoms with Gasteiger partial charge in [-0.3, -0.25) is 20.0 Å². The number of nitrogens with zero attached hydrogens (tertiary/aromatic N) is 2. The number of hydrogen-bond acceptors (Lipinski definition) is 6. The molecular formula is C23H16N3O6-. The summed E-state index contributed by atoms with van der Waals surface area (Å²) in [5.41, 5.74) is 1.11. The fourth-order valence-electron chi connectivity index (χ4n) is 3.30. The number of benzene rings is 2. The lowest BCUT2D eigenvalue weighted by Crippen LogP contribution is -2.34. The Hall–Kier alpha value is -4.66. The van der Waals surface area contributed by atoms with Gasteiger partial charge in [-0.15, -0.1) is 0 Å². The Balaban J connectivity index is 1.77. The van der Waals surface area contributed by atoms with E-state index in [1.54, 1.807) is 24.3 Å². The summed E-state index contributed by atoms with van der Waals surface area (Å²) in [5.74, 6) is -0.587. The summed E-state index contributed by atoms with van der Waals surface area (Å²) in [6.07, 6.45) is 1.50. The van der Waals surface area contributed by atoms with Gasteiger partial charge >= 0.3 is 0 Å². The molecule has 0 saturated carbocycles. The highest BCUT2D eigenvalue weighted by Crippen LogP contribution is 2.29. The van der Waals surface area contributed by atoms with Crippen LogP contribution in [0.15, 0.2) is 63.8 Å². The number of carbonyl (C=O) groups excluding carboxylic acids is 1. The zero-order chi connectivity index (χ0) is 23.0. The number of H-pyrrole nitrogens is 1. The maximum absolute atomic E-state index is 12.9. The van der Waals surface area contributed by atoms with Crippen molar-refractivity contribution in [1.82, 2.24) is 9.78 Å². The molecule has 160 valence electrons. The van der Waals surface area contributed by atoms with E-state index in [1.165, 1.54) is 41.1 Å². The SMILES string of the molecule is C=c1[nH]n(-c2cccc(C(=O)[O-])c2)c(=O)/c1=C\c1ccc(-c2cc([N+](=O)[O-])ccc2C)o1. The van der Waals surface area contributed by atoms with Crippen LogP contribution in [-0.2, 0) is 0 Å². The first-order valence-electron chi connectivity index (χ1n) is 9.43. The Kier molecular flexibility index (Phi) is 5.07. The lowest BCUT2D eigenvalue weighted by atomic mass is 10.1. The van der Waals surface area contributed by atoms with E-state index in [-0.39, 0.29) is 16.5 Å². The van der Waals surface area contributed by atoms with Crippen molar-refractivity contribution in [3.05, 3.63) is 103 Å². The van der Waals surface area contributed by atoms with Crippen LogP contribution in [0.4, 0.5) is 5.69 Å². The largest absolute Gasteiger partial charge is 0.545 e. The molecule has 0 saturated heterocycles. The van der Waals surface area contributed by atoms with Crippen LogP contribution in [0.5, 0.6) is 0 Å². The molecule has 4 rings (SSSR count). The monoisotopic (exact) mass is 430 g/mol. The number of carbonyl (C=O) groups is 1. The highest BCUT2D eigenvalue weighted by molar-refractivity contribution is 5.86.